The maximum absolute atomic E-state index is 14.6. The number of aromatic nitrogens is 4. The number of nitrogens with one attached hydrogen (secondary N) is 1. The normalized spacial score (nSPS) is 17.1. The SMILES string of the molecule is Cn1cc2cc(-n3c(-c4ccc(C#N)c(F)c4)nc(N4CCC5(CCNC5)CC4)cc3=O)ccc2n1. The number of halogens is 1. The van der Waals surface area contributed by atoms with Gasteiger partial charge in [0.15, 0.2) is 0 Å². The molecule has 0 atom stereocenters. The molecule has 0 bridgehead atoms. The topological polar surface area (TPSA) is 91.8 Å². The summed E-state index contributed by atoms with van der Waals surface area (Å²) in [7, 11) is 1.84. The third kappa shape index (κ3) is 3.84. The van der Waals surface area contributed by atoms with Crippen molar-refractivity contribution in [3.63, 3.8) is 0 Å². The van der Waals surface area contributed by atoms with E-state index >= 15 is 0 Å². The van der Waals surface area contributed by atoms with Crippen molar-refractivity contribution in [1.82, 2.24) is 24.6 Å². The molecular formula is C27H26FN7O. The fraction of sp³-hybridized carbons (Fsp3) is 0.333. The Labute approximate surface area is 207 Å². The minimum Gasteiger partial charge on any atom is -0.356 e. The minimum atomic E-state index is -0.641. The highest BCUT2D eigenvalue weighted by atomic mass is 19.1. The lowest BCUT2D eigenvalue weighted by molar-refractivity contribution is 0.247. The molecule has 1 N–H and O–H groups in total. The van der Waals surface area contributed by atoms with E-state index in [0.29, 0.717) is 28.3 Å². The highest BCUT2D eigenvalue weighted by Gasteiger charge is 2.37. The lowest BCUT2D eigenvalue weighted by atomic mass is 9.78. The Morgan fingerprint density at radius 1 is 1.11 bits per heavy atom. The van der Waals surface area contributed by atoms with Crippen LogP contribution in [0.15, 0.2) is 53.5 Å². The third-order valence-corrected chi connectivity index (χ3v) is 7.59. The van der Waals surface area contributed by atoms with Crippen LogP contribution in [-0.4, -0.2) is 45.5 Å². The number of piperidine rings is 1. The zero-order valence-corrected chi connectivity index (χ0v) is 20.0. The third-order valence-electron chi connectivity index (χ3n) is 7.59. The molecule has 6 rings (SSSR count). The first-order chi connectivity index (χ1) is 17.4. The van der Waals surface area contributed by atoms with Gasteiger partial charge in [0.05, 0.1) is 16.8 Å². The average molecular weight is 484 g/mol. The fourth-order valence-electron chi connectivity index (χ4n) is 5.53. The number of rotatable bonds is 3. The molecule has 2 aliphatic rings. The van der Waals surface area contributed by atoms with Gasteiger partial charge in [0.25, 0.3) is 5.56 Å². The van der Waals surface area contributed by atoms with Gasteiger partial charge in [-0.05, 0) is 67.6 Å². The summed E-state index contributed by atoms with van der Waals surface area (Å²) >= 11 is 0. The standard InChI is InChI=1S/C27H26FN7O/c1-33-16-20-12-21(4-5-23(20)32-33)35-25(36)14-24(34-10-7-27(8-11-34)6-9-30-17-27)31-26(35)18-2-3-19(15-29)22(28)13-18/h2-5,12-14,16,30H,6-11,17H2,1H3. The van der Waals surface area contributed by atoms with Gasteiger partial charge in [-0.25, -0.2) is 9.37 Å². The van der Waals surface area contributed by atoms with E-state index in [1.807, 2.05) is 37.5 Å². The number of hydrogen-bond acceptors (Lipinski definition) is 6. The molecule has 1 spiro atoms. The van der Waals surface area contributed by atoms with Crippen molar-refractivity contribution in [1.29, 1.82) is 5.26 Å². The first-order valence-electron chi connectivity index (χ1n) is 12.2. The van der Waals surface area contributed by atoms with Crippen LogP contribution in [-0.2, 0) is 7.05 Å². The molecule has 0 unspecified atom stereocenters. The Hall–Kier alpha value is -4.03. The van der Waals surface area contributed by atoms with Crippen LogP contribution in [0.2, 0.25) is 0 Å². The van der Waals surface area contributed by atoms with E-state index in [1.54, 1.807) is 16.8 Å². The second-order valence-corrected chi connectivity index (χ2v) is 9.88. The van der Waals surface area contributed by atoms with Crippen molar-refractivity contribution >= 4 is 16.7 Å². The van der Waals surface area contributed by atoms with E-state index < -0.39 is 5.82 Å². The largest absolute Gasteiger partial charge is 0.356 e. The van der Waals surface area contributed by atoms with Gasteiger partial charge in [0, 0.05) is 49.9 Å². The molecule has 4 heterocycles. The number of nitrogens with zero attached hydrogens (tertiary/aromatic N) is 6. The predicted octanol–water partition coefficient (Wildman–Crippen LogP) is 3.38. The Bertz CT molecular complexity index is 1570. The van der Waals surface area contributed by atoms with Gasteiger partial charge in [0.2, 0.25) is 0 Å². The summed E-state index contributed by atoms with van der Waals surface area (Å²) in [6.45, 7) is 3.74. The van der Waals surface area contributed by atoms with E-state index in [9.17, 15) is 14.4 Å². The van der Waals surface area contributed by atoms with Crippen LogP contribution in [0.3, 0.4) is 0 Å². The Morgan fingerprint density at radius 2 is 1.94 bits per heavy atom. The lowest BCUT2D eigenvalue weighted by Crippen LogP contribution is -2.42. The van der Waals surface area contributed by atoms with Crippen molar-refractivity contribution in [2.45, 2.75) is 19.3 Å². The number of benzene rings is 2. The number of aryl methyl sites for hydroxylation is 1. The van der Waals surface area contributed by atoms with Gasteiger partial charge in [-0.15, -0.1) is 0 Å². The molecule has 0 aliphatic carbocycles. The maximum atomic E-state index is 14.6. The molecule has 0 saturated carbocycles. The molecule has 4 aromatic rings. The first kappa shape index (κ1) is 22.4. The molecule has 36 heavy (non-hydrogen) atoms. The summed E-state index contributed by atoms with van der Waals surface area (Å²) in [5.74, 6) is 0.295. The second kappa shape index (κ2) is 8.57. The summed E-state index contributed by atoms with van der Waals surface area (Å²) in [5.41, 5.74) is 1.91. The van der Waals surface area contributed by atoms with Gasteiger partial charge in [-0.1, -0.05) is 0 Å². The molecule has 182 valence electrons. The zero-order valence-electron chi connectivity index (χ0n) is 20.0. The highest BCUT2D eigenvalue weighted by molar-refractivity contribution is 5.80. The molecule has 0 amide bonds. The Morgan fingerprint density at radius 3 is 2.67 bits per heavy atom. The van der Waals surface area contributed by atoms with Crippen molar-refractivity contribution in [2.75, 3.05) is 31.1 Å². The van der Waals surface area contributed by atoms with Crippen LogP contribution >= 0.6 is 0 Å². The van der Waals surface area contributed by atoms with Crippen LogP contribution in [0.5, 0.6) is 0 Å². The van der Waals surface area contributed by atoms with E-state index in [4.69, 9.17) is 4.98 Å². The van der Waals surface area contributed by atoms with Gasteiger partial charge in [-0.2, -0.15) is 10.4 Å². The lowest BCUT2D eigenvalue weighted by Gasteiger charge is -2.39. The Kier molecular flexibility index (Phi) is 5.34. The summed E-state index contributed by atoms with van der Waals surface area (Å²) in [4.78, 5) is 20.7. The van der Waals surface area contributed by atoms with Gasteiger partial charge >= 0.3 is 0 Å². The van der Waals surface area contributed by atoms with Gasteiger partial charge in [-0.3, -0.25) is 14.0 Å². The van der Waals surface area contributed by atoms with Crippen LogP contribution in [0.1, 0.15) is 24.8 Å². The van der Waals surface area contributed by atoms with Crippen molar-refractivity contribution < 1.29 is 4.39 Å². The van der Waals surface area contributed by atoms with E-state index in [0.717, 1.165) is 49.9 Å². The van der Waals surface area contributed by atoms with Crippen LogP contribution < -0.4 is 15.8 Å². The van der Waals surface area contributed by atoms with Gasteiger partial charge < -0.3 is 10.2 Å². The van der Waals surface area contributed by atoms with E-state index in [1.165, 1.54) is 23.1 Å². The molecule has 9 heteroatoms. The first-order valence-corrected chi connectivity index (χ1v) is 12.2. The fourth-order valence-corrected chi connectivity index (χ4v) is 5.53. The highest BCUT2D eigenvalue weighted by Crippen LogP contribution is 2.38. The van der Waals surface area contributed by atoms with Gasteiger partial charge in [0.1, 0.15) is 23.5 Å². The molecule has 2 aromatic heterocycles. The molecule has 2 aliphatic heterocycles. The maximum Gasteiger partial charge on any atom is 0.260 e. The van der Waals surface area contributed by atoms with E-state index in [2.05, 4.69) is 15.3 Å². The van der Waals surface area contributed by atoms with Crippen LogP contribution in [0, 0.1) is 22.6 Å². The van der Waals surface area contributed by atoms with Crippen molar-refractivity contribution in [2.24, 2.45) is 12.5 Å². The van der Waals surface area contributed by atoms with Crippen molar-refractivity contribution in [3.8, 4) is 23.1 Å². The monoisotopic (exact) mass is 483 g/mol. The molecule has 2 fully saturated rings. The quantitative estimate of drug-likeness (QED) is 0.480. The van der Waals surface area contributed by atoms with E-state index in [-0.39, 0.29) is 11.1 Å². The minimum absolute atomic E-state index is 0.0490. The summed E-state index contributed by atoms with van der Waals surface area (Å²) in [6.07, 6.45) is 5.16. The number of hydrogen-bond donors (Lipinski definition) is 1. The molecule has 0 radical (unpaired) electrons. The molecule has 2 aromatic carbocycles. The number of anilines is 1. The smallest absolute Gasteiger partial charge is 0.260 e. The molecule has 8 nitrogen and oxygen atoms in total. The molecule has 2 saturated heterocycles. The predicted molar refractivity (Wildman–Crippen MR) is 136 cm³/mol. The summed E-state index contributed by atoms with van der Waals surface area (Å²) in [5, 5.41) is 18.0. The zero-order chi connectivity index (χ0) is 24.9. The number of fused-ring (bicyclic) bond motifs is 1. The second-order valence-electron chi connectivity index (χ2n) is 9.88. The summed E-state index contributed by atoms with van der Waals surface area (Å²) in [6, 6.07) is 13.3. The Balaban J connectivity index is 1.47. The summed E-state index contributed by atoms with van der Waals surface area (Å²) < 4.78 is 17.9. The average Bonchev–Trinajstić information content (AvgIpc) is 3.49. The molecular weight excluding hydrogens is 457 g/mol. The number of nitriles is 1. The van der Waals surface area contributed by atoms with Crippen LogP contribution in [0.25, 0.3) is 28.0 Å². The van der Waals surface area contributed by atoms with Crippen molar-refractivity contribution in [3.05, 3.63) is 70.4 Å². The van der Waals surface area contributed by atoms with Crippen LogP contribution in [0.4, 0.5) is 10.2 Å².